The molecule has 0 amide bonds. The van der Waals surface area contributed by atoms with Crippen molar-refractivity contribution in [2.24, 2.45) is 0 Å². The number of halogens is 2. The molecule has 0 unspecified atom stereocenters. The van der Waals surface area contributed by atoms with Crippen LogP contribution in [0.1, 0.15) is 11.8 Å². The first-order valence-electron chi connectivity index (χ1n) is 3.19. The molecule has 0 N–H and O–H groups in total. The molecule has 0 aliphatic carbocycles. The van der Waals surface area contributed by atoms with E-state index >= 15 is 0 Å². The van der Waals surface area contributed by atoms with Gasteiger partial charge in [0.2, 0.25) is 0 Å². The Morgan fingerprint density at radius 3 is 2.91 bits per heavy atom. The molecule has 0 aromatic carbocycles. The van der Waals surface area contributed by atoms with Crippen LogP contribution in [0, 0.1) is 0 Å². The molecule has 0 spiro atoms. The molecule has 0 saturated carbocycles. The standard InChI is InChI=1S/C8H8Cl2S/c1-6(4-9)2-8-3-7(10)5-11-8/h2-3,5H,4H2,1H3. The van der Waals surface area contributed by atoms with E-state index in [-0.39, 0.29) is 0 Å². The van der Waals surface area contributed by atoms with E-state index in [2.05, 4.69) is 0 Å². The Balaban J connectivity index is 2.78. The average Bonchev–Trinajstić information content (AvgIpc) is 2.35. The number of alkyl halides is 1. The third kappa shape index (κ3) is 2.86. The van der Waals surface area contributed by atoms with E-state index in [0.717, 1.165) is 15.5 Å². The maximum absolute atomic E-state index is 5.74. The molecule has 0 radical (unpaired) electrons. The van der Waals surface area contributed by atoms with E-state index in [1.807, 2.05) is 24.4 Å². The van der Waals surface area contributed by atoms with Crippen molar-refractivity contribution in [1.29, 1.82) is 0 Å². The van der Waals surface area contributed by atoms with Crippen molar-refractivity contribution in [1.82, 2.24) is 0 Å². The Kier molecular flexibility index (Phi) is 3.44. The van der Waals surface area contributed by atoms with Crippen molar-refractivity contribution < 1.29 is 0 Å². The van der Waals surface area contributed by atoms with E-state index < -0.39 is 0 Å². The second-order valence-electron chi connectivity index (χ2n) is 2.29. The molecule has 0 saturated heterocycles. The van der Waals surface area contributed by atoms with Crippen molar-refractivity contribution in [3.63, 3.8) is 0 Å². The van der Waals surface area contributed by atoms with Crippen LogP contribution in [0.4, 0.5) is 0 Å². The molecule has 3 heteroatoms. The van der Waals surface area contributed by atoms with Gasteiger partial charge in [-0.05, 0) is 19.1 Å². The van der Waals surface area contributed by atoms with Gasteiger partial charge in [-0.3, -0.25) is 0 Å². The lowest BCUT2D eigenvalue weighted by molar-refractivity contribution is 1.44. The molecule has 1 aromatic rings. The molecular weight excluding hydrogens is 199 g/mol. The van der Waals surface area contributed by atoms with Crippen molar-refractivity contribution in [3.05, 3.63) is 26.9 Å². The Bertz CT molecular complexity index is 263. The molecule has 0 bridgehead atoms. The number of allylic oxidation sites excluding steroid dienone is 1. The van der Waals surface area contributed by atoms with Gasteiger partial charge in [0.05, 0.1) is 5.02 Å². The van der Waals surface area contributed by atoms with Gasteiger partial charge >= 0.3 is 0 Å². The summed E-state index contributed by atoms with van der Waals surface area (Å²) in [4.78, 5) is 1.16. The first-order chi connectivity index (χ1) is 5.22. The Labute approximate surface area is 80.4 Å². The van der Waals surface area contributed by atoms with Crippen LogP contribution in [0.5, 0.6) is 0 Å². The summed E-state index contributed by atoms with van der Waals surface area (Å²) in [6, 6.07) is 1.93. The van der Waals surface area contributed by atoms with Gasteiger partial charge in [-0.2, -0.15) is 0 Å². The van der Waals surface area contributed by atoms with Gasteiger partial charge < -0.3 is 0 Å². The zero-order chi connectivity index (χ0) is 8.27. The molecule has 60 valence electrons. The molecular formula is C8H8Cl2S. The summed E-state index contributed by atoms with van der Waals surface area (Å²) < 4.78 is 0. The SMILES string of the molecule is CC(=Cc1cc(Cl)cs1)CCl. The quantitative estimate of drug-likeness (QED) is 0.642. The summed E-state index contributed by atoms with van der Waals surface area (Å²) in [6.07, 6.45) is 2.05. The van der Waals surface area contributed by atoms with Crippen LogP contribution >= 0.6 is 34.5 Å². The van der Waals surface area contributed by atoms with Crippen LogP contribution in [0.25, 0.3) is 6.08 Å². The van der Waals surface area contributed by atoms with Crippen LogP contribution in [-0.2, 0) is 0 Å². The number of hydrogen-bond donors (Lipinski definition) is 0. The minimum absolute atomic E-state index is 0.579. The van der Waals surface area contributed by atoms with Gasteiger partial charge in [-0.25, -0.2) is 0 Å². The highest BCUT2D eigenvalue weighted by Crippen LogP contribution is 2.21. The Morgan fingerprint density at radius 2 is 2.45 bits per heavy atom. The zero-order valence-corrected chi connectivity index (χ0v) is 8.43. The summed E-state index contributed by atoms with van der Waals surface area (Å²) in [5.41, 5.74) is 1.16. The summed E-state index contributed by atoms with van der Waals surface area (Å²) in [7, 11) is 0. The molecule has 1 aromatic heterocycles. The van der Waals surface area contributed by atoms with Crippen LogP contribution in [0.2, 0.25) is 5.02 Å². The first kappa shape index (κ1) is 9.11. The number of hydrogen-bond acceptors (Lipinski definition) is 1. The van der Waals surface area contributed by atoms with Gasteiger partial charge in [0.1, 0.15) is 0 Å². The van der Waals surface area contributed by atoms with Crippen molar-refractivity contribution >= 4 is 40.6 Å². The lowest BCUT2D eigenvalue weighted by atomic mass is 10.3. The molecule has 0 atom stereocenters. The first-order valence-corrected chi connectivity index (χ1v) is 4.99. The molecule has 11 heavy (non-hydrogen) atoms. The maximum atomic E-state index is 5.74. The van der Waals surface area contributed by atoms with Gasteiger partial charge in [-0.15, -0.1) is 22.9 Å². The van der Waals surface area contributed by atoms with Gasteiger partial charge in [-0.1, -0.05) is 17.2 Å². The monoisotopic (exact) mass is 206 g/mol. The summed E-state index contributed by atoms with van der Waals surface area (Å²) in [5.74, 6) is 0.579. The lowest BCUT2D eigenvalue weighted by Gasteiger charge is -1.89. The van der Waals surface area contributed by atoms with Gasteiger partial charge in [0, 0.05) is 16.1 Å². The topological polar surface area (TPSA) is 0 Å². The van der Waals surface area contributed by atoms with Crippen LogP contribution in [0.3, 0.4) is 0 Å². The Morgan fingerprint density at radius 1 is 1.73 bits per heavy atom. The minimum Gasteiger partial charge on any atom is -0.143 e. The van der Waals surface area contributed by atoms with E-state index in [4.69, 9.17) is 23.2 Å². The van der Waals surface area contributed by atoms with Gasteiger partial charge in [0.15, 0.2) is 0 Å². The van der Waals surface area contributed by atoms with Crippen LogP contribution in [-0.4, -0.2) is 5.88 Å². The van der Waals surface area contributed by atoms with Crippen molar-refractivity contribution in [2.75, 3.05) is 5.88 Å². The number of thiophene rings is 1. The zero-order valence-electron chi connectivity index (χ0n) is 6.10. The Hall–Kier alpha value is 0.0200. The molecule has 0 fully saturated rings. The largest absolute Gasteiger partial charge is 0.143 e. The molecule has 0 aliphatic rings. The second kappa shape index (κ2) is 4.15. The molecule has 1 heterocycles. The summed E-state index contributed by atoms with van der Waals surface area (Å²) in [6.45, 7) is 2.00. The molecule has 1 rings (SSSR count). The lowest BCUT2D eigenvalue weighted by Crippen LogP contribution is -1.73. The summed E-state index contributed by atoms with van der Waals surface area (Å²) >= 11 is 13.0. The normalized spacial score (nSPS) is 12.1. The van der Waals surface area contributed by atoms with E-state index in [1.165, 1.54) is 0 Å². The molecule has 0 aliphatic heterocycles. The fraction of sp³-hybridized carbons (Fsp3) is 0.250. The second-order valence-corrected chi connectivity index (χ2v) is 3.94. The fourth-order valence-electron chi connectivity index (χ4n) is 0.685. The summed E-state index contributed by atoms with van der Waals surface area (Å²) in [5, 5.41) is 2.71. The highest BCUT2D eigenvalue weighted by atomic mass is 35.5. The molecule has 0 nitrogen and oxygen atoms in total. The highest BCUT2D eigenvalue weighted by Gasteiger charge is 1.93. The smallest absolute Gasteiger partial charge is 0.0519 e. The highest BCUT2D eigenvalue weighted by molar-refractivity contribution is 7.11. The van der Waals surface area contributed by atoms with Crippen molar-refractivity contribution in [2.45, 2.75) is 6.92 Å². The third-order valence-corrected chi connectivity index (χ3v) is 2.84. The number of rotatable bonds is 2. The predicted molar refractivity (Wildman–Crippen MR) is 53.7 cm³/mol. The maximum Gasteiger partial charge on any atom is 0.0519 e. The third-order valence-electron chi connectivity index (χ3n) is 1.19. The van der Waals surface area contributed by atoms with E-state index in [9.17, 15) is 0 Å². The van der Waals surface area contributed by atoms with Crippen LogP contribution < -0.4 is 0 Å². The van der Waals surface area contributed by atoms with Gasteiger partial charge in [0.25, 0.3) is 0 Å². The average molecular weight is 207 g/mol. The van der Waals surface area contributed by atoms with E-state index in [1.54, 1.807) is 11.3 Å². The predicted octanol–water partition coefficient (Wildman–Crippen LogP) is 4.04. The van der Waals surface area contributed by atoms with Crippen molar-refractivity contribution in [3.8, 4) is 0 Å². The van der Waals surface area contributed by atoms with Crippen LogP contribution in [0.15, 0.2) is 17.0 Å². The minimum atomic E-state index is 0.579. The fourth-order valence-corrected chi connectivity index (χ4v) is 1.86. The van der Waals surface area contributed by atoms with E-state index in [0.29, 0.717) is 5.88 Å².